The van der Waals surface area contributed by atoms with Gasteiger partial charge in [-0.2, -0.15) is 0 Å². The van der Waals surface area contributed by atoms with Crippen molar-refractivity contribution < 1.29 is 66.7 Å². The summed E-state index contributed by atoms with van der Waals surface area (Å²) in [6.45, 7) is 5.82. The first kappa shape index (κ1) is 42.0. The van der Waals surface area contributed by atoms with Crippen LogP contribution >= 0.6 is 0 Å². The topological polar surface area (TPSA) is 196 Å². The Morgan fingerprint density at radius 3 is 1.67 bits per heavy atom. The fourth-order valence-electron chi connectivity index (χ4n) is 5.55. The number of rotatable bonds is 28. The van der Waals surface area contributed by atoms with Gasteiger partial charge in [0.15, 0.2) is 6.10 Å². The number of hydroxylamine groups is 2. The number of amides is 4. The van der Waals surface area contributed by atoms with Gasteiger partial charge in [0.05, 0.1) is 92.3 Å². The predicted octanol–water partition coefficient (Wildman–Crippen LogP) is 0.380. The van der Waals surface area contributed by atoms with Crippen molar-refractivity contribution in [1.29, 1.82) is 0 Å². The van der Waals surface area contributed by atoms with Crippen LogP contribution in [0.1, 0.15) is 44.9 Å². The van der Waals surface area contributed by atoms with Crippen LogP contribution in [0.15, 0.2) is 0 Å². The van der Waals surface area contributed by atoms with E-state index in [4.69, 9.17) is 42.7 Å². The molecule has 0 aromatic heterocycles. The maximum atomic E-state index is 12.9. The van der Waals surface area contributed by atoms with E-state index >= 15 is 0 Å². The second-order valence-electron chi connectivity index (χ2n) is 11.9. The summed E-state index contributed by atoms with van der Waals surface area (Å²) in [6, 6.07) is 0. The van der Waals surface area contributed by atoms with Gasteiger partial charge in [-0.25, -0.2) is 9.59 Å². The average Bonchev–Trinajstić information content (AvgIpc) is 3.65. The highest BCUT2D eigenvalue weighted by Gasteiger charge is 2.48. The standard InChI is InChI=1S/C34H53N3O14/c1-43-12-13-45-16-17-47-20-21-49-23-22-48-19-18-46-15-14-44-11-10-35-33(41)29(24-32(40)51-37-30(38)8-9-31(37)39)50-34(42)36-25-28-26-6-4-2-3-5-7-27(26)28/h26-29H,4-25H2,1H3,(H,35,41)(H,36,42)/t26?,27?,28?,29-/m0/s1. The van der Waals surface area contributed by atoms with Gasteiger partial charge in [0.1, 0.15) is 0 Å². The molecule has 3 aliphatic rings. The third-order valence-corrected chi connectivity index (χ3v) is 8.25. The van der Waals surface area contributed by atoms with Crippen LogP contribution in [0, 0.1) is 29.6 Å². The smallest absolute Gasteiger partial charge is 0.407 e. The van der Waals surface area contributed by atoms with Crippen molar-refractivity contribution in [3.63, 3.8) is 0 Å². The molecule has 2 unspecified atom stereocenters. The number of carbonyl (C=O) groups is 5. The zero-order chi connectivity index (χ0) is 36.5. The van der Waals surface area contributed by atoms with Crippen LogP contribution in [0.25, 0.3) is 0 Å². The average molecular weight is 728 g/mol. The lowest BCUT2D eigenvalue weighted by molar-refractivity contribution is -0.198. The fraction of sp³-hybridized carbons (Fsp3) is 0.794. The maximum Gasteiger partial charge on any atom is 0.407 e. The van der Waals surface area contributed by atoms with E-state index < -0.39 is 42.3 Å². The highest BCUT2D eigenvalue weighted by atomic mass is 16.7. The lowest BCUT2D eigenvalue weighted by Crippen LogP contribution is -2.43. The number of nitrogens with one attached hydrogen (secondary N) is 2. The minimum absolute atomic E-state index is 0.0578. The van der Waals surface area contributed by atoms with Crippen molar-refractivity contribution in [2.45, 2.75) is 51.0 Å². The first-order valence-corrected chi connectivity index (χ1v) is 17.6. The van der Waals surface area contributed by atoms with E-state index in [2.05, 4.69) is 22.5 Å². The van der Waals surface area contributed by atoms with Gasteiger partial charge in [-0.15, -0.1) is 16.9 Å². The lowest BCUT2D eigenvalue weighted by Gasteiger charge is -2.19. The molecule has 17 heteroatoms. The van der Waals surface area contributed by atoms with E-state index in [9.17, 15) is 24.0 Å². The predicted molar refractivity (Wildman–Crippen MR) is 177 cm³/mol. The molecule has 0 radical (unpaired) electrons. The molecule has 1 saturated heterocycles. The van der Waals surface area contributed by atoms with Crippen molar-refractivity contribution in [2.75, 3.05) is 106 Å². The lowest BCUT2D eigenvalue weighted by atomic mass is 10.1. The summed E-state index contributed by atoms with van der Waals surface area (Å²) in [5.74, 6) is 4.42. The molecule has 0 bridgehead atoms. The van der Waals surface area contributed by atoms with E-state index in [0.717, 1.165) is 25.7 Å². The molecule has 288 valence electrons. The molecule has 0 aromatic rings. The monoisotopic (exact) mass is 727 g/mol. The third kappa shape index (κ3) is 17.6. The summed E-state index contributed by atoms with van der Waals surface area (Å²) in [6.07, 6.45) is 0.341. The minimum Gasteiger partial charge on any atom is -0.435 e. The van der Waals surface area contributed by atoms with Gasteiger partial charge in [0.25, 0.3) is 17.7 Å². The zero-order valence-electron chi connectivity index (χ0n) is 29.5. The van der Waals surface area contributed by atoms with Gasteiger partial charge < -0.3 is 53.4 Å². The van der Waals surface area contributed by atoms with Gasteiger partial charge in [-0.05, 0) is 30.6 Å². The molecule has 1 saturated carbocycles. The van der Waals surface area contributed by atoms with Crippen molar-refractivity contribution in [3.8, 4) is 11.8 Å². The Balaban J connectivity index is 1.23. The molecule has 0 aromatic carbocycles. The molecule has 17 nitrogen and oxygen atoms in total. The summed E-state index contributed by atoms with van der Waals surface area (Å²) in [5, 5.41) is 5.65. The zero-order valence-corrected chi connectivity index (χ0v) is 29.5. The third-order valence-electron chi connectivity index (χ3n) is 8.25. The molecule has 2 N–H and O–H groups in total. The summed E-state index contributed by atoms with van der Waals surface area (Å²) < 4.78 is 42.7. The van der Waals surface area contributed by atoms with Crippen LogP contribution in [-0.2, 0) is 61.9 Å². The Kier molecular flexibility index (Phi) is 21.1. The highest BCUT2D eigenvalue weighted by Crippen LogP contribution is 2.51. The number of methoxy groups -OCH3 is 1. The van der Waals surface area contributed by atoms with Gasteiger partial charge in [0, 0.05) is 45.9 Å². The first-order valence-electron chi connectivity index (χ1n) is 17.6. The van der Waals surface area contributed by atoms with Crippen LogP contribution in [0.4, 0.5) is 4.79 Å². The summed E-state index contributed by atoms with van der Waals surface area (Å²) >= 11 is 0. The van der Waals surface area contributed by atoms with Crippen molar-refractivity contribution in [2.24, 2.45) is 17.8 Å². The number of fused-ring (bicyclic) bond motifs is 1. The SMILES string of the molecule is COCCOCCOCCOCCOCCOCCOCCNC(=O)[C@H](CC(=O)ON1C(=O)CCC1=O)OC(=O)NCC1C2CCC#CCCC21. The van der Waals surface area contributed by atoms with Gasteiger partial charge in [-0.3, -0.25) is 14.4 Å². The molecular weight excluding hydrogens is 674 g/mol. The Bertz CT molecular complexity index is 1110. The van der Waals surface area contributed by atoms with Gasteiger partial charge >= 0.3 is 12.1 Å². The van der Waals surface area contributed by atoms with E-state index in [0.29, 0.717) is 102 Å². The largest absolute Gasteiger partial charge is 0.435 e. The van der Waals surface area contributed by atoms with E-state index in [1.54, 1.807) is 7.11 Å². The maximum absolute atomic E-state index is 12.9. The van der Waals surface area contributed by atoms with Crippen molar-refractivity contribution in [3.05, 3.63) is 0 Å². The van der Waals surface area contributed by atoms with Crippen molar-refractivity contribution in [1.82, 2.24) is 15.7 Å². The molecule has 51 heavy (non-hydrogen) atoms. The second kappa shape index (κ2) is 25.6. The van der Waals surface area contributed by atoms with Crippen LogP contribution in [0.5, 0.6) is 0 Å². The number of hydrogen-bond acceptors (Lipinski definition) is 14. The van der Waals surface area contributed by atoms with E-state index in [1.807, 2.05) is 0 Å². The molecule has 3 atom stereocenters. The van der Waals surface area contributed by atoms with Crippen LogP contribution < -0.4 is 10.6 Å². The Hall–Kier alpha value is -3.37. The molecule has 1 heterocycles. The molecule has 3 rings (SSSR count). The van der Waals surface area contributed by atoms with Gasteiger partial charge in [-0.1, -0.05) is 0 Å². The number of carbonyl (C=O) groups excluding carboxylic acids is 5. The Morgan fingerprint density at radius 2 is 1.18 bits per heavy atom. The summed E-state index contributed by atoms with van der Waals surface area (Å²) in [7, 11) is 1.62. The van der Waals surface area contributed by atoms with Gasteiger partial charge in [0.2, 0.25) is 0 Å². The first-order chi connectivity index (χ1) is 24.9. The molecule has 1 aliphatic heterocycles. The minimum atomic E-state index is -1.56. The second-order valence-corrected chi connectivity index (χ2v) is 11.9. The molecule has 2 aliphatic carbocycles. The summed E-state index contributed by atoms with van der Waals surface area (Å²) in [4.78, 5) is 66.6. The van der Waals surface area contributed by atoms with Crippen LogP contribution in [0.2, 0.25) is 0 Å². The number of hydrogen-bond donors (Lipinski definition) is 2. The van der Waals surface area contributed by atoms with E-state index in [-0.39, 0.29) is 32.6 Å². The molecule has 2 fully saturated rings. The van der Waals surface area contributed by atoms with E-state index in [1.165, 1.54) is 0 Å². The number of nitrogens with zero attached hydrogens (tertiary/aromatic N) is 1. The summed E-state index contributed by atoms with van der Waals surface area (Å²) in [5.41, 5.74) is 0. The van der Waals surface area contributed by atoms with Crippen molar-refractivity contribution >= 4 is 29.8 Å². The number of ether oxygens (including phenoxy) is 8. The highest BCUT2D eigenvalue weighted by molar-refractivity contribution is 6.01. The van der Waals surface area contributed by atoms with Crippen LogP contribution in [0.3, 0.4) is 0 Å². The Morgan fingerprint density at radius 1 is 0.706 bits per heavy atom. The molecule has 4 amide bonds. The fourth-order valence-corrected chi connectivity index (χ4v) is 5.55. The Labute approximate surface area is 298 Å². The molecule has 0 spiro atoms. The molecular formula is C34H53N3O14. The number of alkyl carbamates (subject to hydrolysis) is 1. The normalized spacial score (nSPS) is 20.0. The van der Waals surface area contributed by atoms with Crippen LogP contribution in [-0.4, -0.2) is 147 Å². The number of imide groups is 1. The quantitative estimate of drug-likeness (QED) is 0.0638.